The molecular formula is C20H23N5. The van der Waals surface area contributed by atoms with Gasteiger partial charge in [-0.15, -0.1) is 5.10 Å². The molecule has 0 atom stereocenters. The van der Waals surface area contributed by atoms with Crippen LogP contribution in [0.4, 0.5) is 17.5 Å². The molecular weight excluding hydrogens is 310 g/mol. The summed E-state index contributed by atoms with van der Waals surface area (Å²) in [5.74, 6) is 1.21. The van der Waals surface area contributed by atoms with Crippen molar-refractivity contribution in [1.29, 1.82) is 0 Å². The predicted octanol–water partition coefficient (Wildman–Crippen LogP) is 4.35. The van der Waals surface area contributed by atoms with Crippen molar-refractivity contribution in [3.8, 4) is 0 Å². The Morgan fingerprint density at radius 2 is 1.60 bits per heavy atom. The number of nitrogens with zero attached hydrogens (tertiary/aromatic N) is 3. The monoisotopic (exact) mass is 333 g/mol. The Kier molecular flexibility index (Phi) is 5.57. The zero-order chi connectivity index (χ0) is 17.5. The van der Waals surface area contributed by atoms with E-state index in [1.54, 1.807) is 6.20 Å². The smallest absolute Gasteiger partial charge is 0.249 e. The first-order valence-electron chi connectivity index (χ1n) is 8.65. The summed E-state index contributed by atoms with van der Waals surface area (Å²) < 4.78 is 0. The number of nitrogens with one attached hydrogen (secondary N) is 2. The highest BCUT2D eigenvalue weighted by Gasteiger charge is 2.09. The summed E-state index contributed by atoms with van der Waals surface area (Å²) in [7, 11) is 0. The van der Waals surface area contributed by atoms with Gasteiger partial charge in [-0.25, -0.2) is 0 Å². The molecule has 1 heterocycles. The summed E-state index contributed by atoms with van der Waals surface area (Å²) in [6, 6.07) is 16.6. The molecule has 0 saturated carbocycles. The number of aromatic nitrogens is 3. The van der Waals surface area contributed by atoms with Gasteiger partial charge in [0, 0.05) is 12.2 Å². The van der Waals surface area contributed by atoms with Gasteiger partial charge >= 0.3 is 0 Å². The third kappa shape index (κ3) is 4.32. The van der Waals surface area contributed by atoms with Gasteiger partial charge in [-0.3, -0.25) is 0 Å². The first kappa shape index (κ1) is 16.9. The van der Waals surface area contributed by atoms with E-state index in [-0.39, 0.29) is 0 Å². The molecule has 2 N–H and O–H groups in total. The molecule has 0 fully saturated rings. The van der Waals surface area contributed by atoms with Crippen LogP contribution >= 0.6 is 0 Å². The maximum Gasteiger partial charge on any atom is 0.249 e. The van der Waals surface area contributed by atoms with Crippen LogP contribution in [-0.4, -0.2) is 15.2 Å². The van der Waals surface area contributed by atoms with Crippen molar-refractivity contribution in [3.05, 3.63) is 71.4 Å². The lowest BCUT2D eigenvalue weighted by molar-refractivity contribution is 0.961. The van der Waals surface area contributed by atoms with Crippen molar-refractivity contribution in [2.45, 2.75) is 33.2 Å². The molecule has 0 amide bonds. The van der Waals surface area contributed by atoms with Crippen LogP contribution in [0, 0.1) is 0 Å². The summed E-state index contributed by atoms with van der Waals surface area (Å²) in [4.78, 5) is 4.54. The standard InChI is InChI=1S/C20H23N5/c1-3-16-11-8-12-17(4-2)19(16)24-20-23-18(14-22-25-20)21-13-15-9-6-5-7-10-15/h5-12,14H,3-4,13H2,1-2H3,(H2,21,23,24,25). The molecule has 5 nitrogen and oxygen atoms in total. The minimum Gasteiger partial charge on any atom is -0.365 e. The maximum absolute atomic E-state index is 4.54. The molecule has 0 radical (unpaired) electrons. The summed E-state index contributed by atoms with van der Waals surface area (Å²) in [6.07, 6.45) is 3.55. The van der Waals surface area contributed by atoms with Gasteiger partial charge in [0.2, 0.25) is 5.95 Å². The second-order valence-corrected chi connectivity index (χ2v) is 5.79. The van der Waals surface area contributed by atoms with Crippen LogP contribution in [0.1, 0.15) is 30.5 Å². The van der Waals surface area contributed by atoms with Crippen molar-refractivity contribution < 1.29 is 0 Å². The summed E-state index contributed by atoms with van der Waals surface area (Å²) in [5.41, 5.74) is 4.80. The number of rotatable bonds is 7. The van der Waals surface area contributed by atoms with Crippen LogP contribution in [0.3, 0.4) is 0 Å². The molecule has 0 aliphatic rings. The zero-order valence-corrected chi connectivity index (χ0v) is 14.7. The van der Waals surface area contributed by atoms with Gasteiger partial charge in [-0.05, 0) is 29.5 Å². The fraction of sp³-hybridized carbons (Fsp3) is 0.250. The molecule has 25 heavy (non-hydrogen) atoms. The van der Waals surface area contributed by atoms with E-state index < -0.39 is 0 Å². The van der Waals surface area contributed by atoms with E-state index in [0.29, 0.717) is 18.3 Å². The predicted molar refractivity (Wildman–Crippen MR) is 102 cm³/mol. The number of aryl methyl sites for hydroxylation is 2. The molecule has 0 bridgehead atoms. The average Bonchev–Trinajstić information content (AvgIpc) is 2.67. The van der Waals surface area contributed by atoms with Crippen LogP contribution in [0.2, 0.25) is 0 Å². The van der Waals surface area contributed by atoms with E-state index in [2.05, 4.69) is 70.0 Å². The van der Waals surface area contributed by atoms with E-state index >= 15 is 0 Å². The molecule has 0 aliphatic carbocycles. The van der Waals surface area contributed by atoms with Crippen LogP contribution in [0.15, 0.2) is 54.7 Å². The highest BCUT2D eigenvalue weighted by Crippen LogP contribution is 2.25. The van der Waals surface area contributed by atoms with Gasteiger partial charge < -0.3 is 10.6 Å². The Labute approximate surface area is 148 Å². The number of hydrogen-bond acceptors (Lipinski definition) is 5. The molecule has 2 aromatic carbocycles. The molecule has 1 aromatic heterocycles. The van der Waals surface area contributed by atoms with Crippen LogP contribution < -0.4 is 10.6 Å². The van der Waals surface area contributed by atoms with Crippen molar-refractivity contribution in [2.75, 3.05) is 10.6 Å². The number of hydrogen-bond donors (Lipinski definition) is 2. The highest BCUT2D eigenvalue weighted by molar-refractivity contribution is 5.64. The Balaban J connectivity index is 1.76. The lowest BCUT2D eigenvalue weighted by Crippen LogP contribution is -2.07. The lowest BCUT2D eigenvalue weighted by atomic mass is 10.0. The van der Waals surface area contributed by atoms with E-state index in [4.69, 9.17) is 0 Å². The minimum absolute atomic E-state index is 0.508. The van der Waals surface area contributed by atoms with Crippen molar-refractivity contribution in [1.82, 2.24) is 15.2 Å². The first-order chi connectivity index (χ1) is 12.3. The average molecular weight is 333 g/mol. The number of benzene rings is 2. The van der Waals surface area contributed by atoms with Gasteiger partial charge in [0.05, 0.1) is 6.20 Å². The summed E-state index contributed by atoms with van der Waals surface area (Å²) in [6.45, 7) is 5.00. The normalized spacial score (nSPS) is 10.5. The van der Waals surface area contributed by atoms with Crippen LogP contribution in [-0.2, 0) is 19.4 Å². The summed E-state index contributed by atoms with van der Waals surface area (Å²) in [5, 5.41) is 14.8. The first-order valence-corrected chi connectivity index (χ1v) is 8.65. The fourth-order valence-corrected chi connectivity index (χ4v) is 2.75. The molecule has 5 heteroatoms. The van der Waals surface area contributed by atoms with E-state index in [1.807, 2.05) is 18.2 Å². The molecule has 0 spiro atoms. The SMILES string of the molecule is CCc1cccc(CC)c1Nc1nncc(NCc2ccccc2)n1. The molecule has 0 saturated heterocycles. The topological polar surface area (TPSA) is 62.7 Å². The number of anilines is 3. The van der Waals surface area contributed by atoms with Crippen LogP contribution in [0.25, 0.3) is 0 Å². The molecule has 3 aromatic rings. The number of para-hydroxylation sites is 1. The minimum atomic E-state index is 0.508. The Morgan fingerprint density at radius 1 is 0.880 bits per heavy atom. The van der Waals surface area contributed by atoms with E-state index in [9.17, 15) is 0 Å². The lowest BCUT2D eigenvalue weighted by Gasteiger charge is -2.14. The molecule has 0 unspecified atom stereocenters. The Hall–Kier alpha value is -2.95. The van der Waals surface area contributed by atoms with Crippen molar-refractivity contribution in [3.63, 3.8) is 0 Å². The fourth-order valence-electron chi connectivity index (χ4n) is 2.75. The second kappa shape index (κ2) is 8.24. The van der Waals surface area contributed by atoms with Crippen molar-refractivity contribution >= 4 is 17.5 Å². The highest BCUT2D eigenvalue weighted by atomic mass is 15.3. The maximum atomic E-state index is 4.54. The molecule has 128 valence electrons. The largest absolute Gasteiger partial charge is 0.365 e. The van der Waals surface area contributed by atoms with Crippen LogP contribution in [0.5, 0.6) is 0 Å². The van der Waals surface area contributed by atoms with Gasteiger partial charge in [-0.1, -0.05) is 62.4 Å². The third-order valence-corrected chi connectivity index (χ3v) is 4.11. The second-order valence-electron chi connectivity index (χ2n) is 5.79. The van der Waals surface area contributed by atoms with Gasteiger partial charge in [-0.2, -0.15) is 10.1 Å². The summed E-state index contributed by atoms with van der Waals surface area (Å²) >= 11 is 0. The van der Waals surface area contributed by atoms with Gasteiger partial charge in [0.1, 0.15) is 0 Å². The van der Waals surface area contributed by atoms with Gasteiger partial charge in [0.15, 0.2) is 5.82 Å². The third-order valence-electron chi connectivity index (χ3n) is 4.11. The van der Waals surface area contributed by atoms with Gasteiger partial charge in [0.25, 0.3) is 0 Å². The quantitative estimate of drug-likeness (QED) is 0.673. The molecule has 3 rings (SSSR count). The van der Waals surface area contributed by atoms with E-state index in [1.165, 1.54) is 16.7 Å². The van der Waals surface area contributed by atoms with E-state index in [0.717, 1.165) is 18.5 Å². The van der Waals surface area contributed by atoms with Crippen molar-refractivity contribution in [2.24, 2.45) is 0 Å². The zero-order valence-electron chi connectivity index (χ0n) is 14.7. The Morgan fingerprint density at radius 3 is 2.28 bits per heavy atom. The Bertz CT molecular complexity index is 795. The molecule has 0 aliphatic heterocycles.